The topological polar surface area (TPSA) is 86.4 Å². The van der Waals surface area contributed by atoms with Crippen LogP contribution in [-0.2, 0) is 16.4 Å². The maximum Gasteiger partial charge on any atom is 0.274 e. The number of sulfonamides is 1. The Balaban J connectivity index is 1.70. The highest BCUT2D eigenvalue weighted by atomic mass is 32.2. The monoisotopic (exact) mass is 398 g/mol. The van der Waals surface area contributed by atoms with Gasteiger partial charge in [0.15, 0.2) is 4.90 Å². The van der Waals surface area contributed by atoms with Crippen LogP contribution in [0.2, 0.25) is 0 Å². The number of hydrogen-bond donors (Lipinski definition) is 1. The summed E-state index contributed by atoms with van der Waals surface area (Å²) in [5, 5.41) is 6.81. The smallest absolute Gasteiger partial charge is 0.274 e. The van der Waals surface area contributed by atoms with Crippen LogP contribution >= 0.6 is 0 Å². The number of H-pyrrole nitrogens is 1. The largest absolute Gasteiger partial charge is 0.335 e. The molecule has 1 aromatic heterocycles. The van der Waals surface area contributed by atoms with Crippen molar-refractivity contribution in [3.05, 3.63) is 47.3 Å². The number of benzene rings is 1. The molecule has 1 N–H and O–H groups in total. The number of carbonyl (C=O) groups is 1. The van der Waals surface area contributed by atoms with E-state index in [1.54, 1.807) is 6.07 Å². The van der Waals surface area contributed by atoms with E-state index in [-0.39, 0.29) is 37.8 Å². The van der Waals surface area contributed by atoms with E-state index in [0.717, 1.165) is 41.0 Å². The summed E-state index contributed by atoms with van der Waals surface area (Å²) >= 11 is 0. The Labute approximate surface area is 156 Å². The van der Waals surface area contributed by atoms with Gasteiger partial charge in [-0.3, -0.25) is 9.89 Å². The van der Waals surface area contributed by atoms with Crippen molar-refractivity contribution in [1.82, 2.24) is 19.4 Å². The first-order valence-corrected chi connectivity index (χ1v) is 10.1. The van der Waals surface area contributed by atoms with Crippen LogP contribution in [-0.4, -0.2) is 59.9 Å². The molecule has 1 fully saturated rings. The van der Waals surface area contributed by atoms with Gasteiger partial charge in [0.2, 0.25) is 10.0 Å². The van der Waals surface area contributed by atoms with E-state index in [1.165, 1.54) is 4.90 Å². The lowest BCUT2D eigenvalue weighted by atomic mass is 10.2. The molecule has 1 amide bonds. The Hall–Kier alpha value is -2.33. The maximum atomic E-state index is 13.9. The fraction of sp³-hybridized carbons (Fsp3) is 0.412. The summed E-state index contributed by atoms with van der Waals surface area (Å²) in [4.78, 5) is 13.0. The summed E-state index contributed by atoms with van der Waals surface area (Å²) in [6.07, 6.45) is 1.69. The van der Waals surface area contributed by atoms with Crippen molar-refractivity contribution in [3.63, 3.8) is 0 Å². The molecule has 0 aliphatic carbocycles. The Morgan fingerprint density at radius 1 is 1.19 bits per heavy atom. The van der Waals surface area contributed by atoms with Gasteiger partial charge in [0, 0.05) is 31.9 Å². The standard InChI is InChI=1S/C17H20F2N4O3S/c1-2-4-12-11-15(21-20-12)17(24)22-7-9-23(10-8-22)27(25,26)16-13(18)5-3-6-14(16)19/h3,5-6,11H,2,4,7-10H2,1H3,(H,20,21). The molecule has 1 aliphatic rings. The second-order valence-electron chi connectivity index (χ2n) is 6.28. The van der Waals surface area contributed by atoms with Gasteiger partial charge in [-0.1, -0.05) is 19.4 Å². The van der Waals surface area contributed by atoms with E-state index in [4.69, 9.17) is 0 Å². The van der Waals surface area contributed by atoms with Crippen molar-refractivity contribution in [2.75, 3.05) is 26.2 Å². The number of hydrogen-bond acceptors (Lipinski definition) is 4. The number of rotatable bonds is 5. The van der Waals surface area contributed by atoms with E-state index in [1.807, 2.05) is 6.92 Å². The third kappa shape index (κ3) is 3.86. The molecule has 0 saturated carbocycles. The van der Waals surface area contributed by atoms with Gasteiger partial charge in [-0.2, -0.15) is 9.40 Å². The first-order chi connectivity index (χ1) is 12.8. The molecule has 2 heterocycles. The van der Waals surface area contributed by atoms with Gasteiger partial charge in [0.05, 0.1) is 0 Å². The van der Waals surface area contributed by atoms with Crippen LogP contribution in [0.1, 0.15) is 29.5 Å². The lowest BCUT2D eigenvalue weighted by Gasteiger charge is -2.33. The molecule has 7 nitrogen and oxygen atoms in total. The Morgan fingerprint density at radius 3 is 2.41 bits per heavy atom. The normalized spacial score (nSPS) is 15.9. The number of aromatic nitrogens is 2. The average Bonchev–Trinajstić information content (AvgIpc) is 3.10. The van der Waals surface area contributed by atoms with Crippen LogP contribution in [0.5, 0.6) is 0 Å². The highest BCUT2D eigenvalue weighted by molar-refractivity contribution is 7.89. The molecule has 146 valence electrons. The van der Waals surface area contributed by atoms with Gasteiger partial charge in [-0.15, -0.1) is 0 Å². The second-order valence-corrected chi connectivity index (χ2v) is 8.15. The van der Waals surface area contributed by atoms with Gasteiger partial charge >= 0.3 is 0 Å². The van der Waals surface area contributed by atoms with Gasteiger partial charge in [0.25, 0.3) is 5.91 Å². The van der Waals surface area contributed by atoms with Crippen LogP contribution in [0.15, 0.2) is 29.2 Å². The number of nitrogens with one attached hydrogen (secondary N) is 1. The highest BCUT2D eigenvalue weighted by Gasteiger charge is 2.34. The summed E-state index contributed by atoms with van der Waals surface area (Å²) < 4.78 is 53.9. The zero-order chi connectivity index (χ0) is 19.6. The van der Waals surface area contributed by atoms with E-state index in [2.05, 4.69) is 10.2 Å². The third-order valence-corrected chi connectivity index (χ3v) is 6.36. The first kappa shape index (κ1) is 19.4. The zero-order valence-corrected chi connectivity index (χ0v) is 15.6. The van der Waals surface area contributed by atoms with Gasteiger partial charge in [-0.25, -0.2) is 17.2 Å². The molecule has 2 aromatic rings. The van der Waals surface area contributed by atoms with Gasteiger partial charge in [0.1, 0.15) is 17.3 Å². The predicted octanol–water partition coefficient (Wildman–Crippen LogP) is 1.79. The third-order valence-electron chi connectivity index (χ3n) is 4.41. The van der Waals surface area contributed by atoms with Crippen molar-refractivity contribution in [2.24, 2.45) is 0 Å². The van der Waals surface area contributed by atoms with E-state index >= 15 is 0 Å². The molecule has 3 rings (SSSR count). The van der Waals surface area contributed by atoms with Crippen molar-refractivity contribution >= 4 is 15.9 Å². The summed E-state index contributed by atoms with van der Waals surface area (Å²) in [6.45, 7) is 2.15. The van der Waals surface area contributed by atoms with Crippen LogP contribution in [0.3, 0.4) is 0 Å². The molecule has 0 unspecified atom stereocenters. The number of halogens is 2. The van der Waals surface area contributed by atoms with Crippen molar-refractivity contribution < 1.29 is 22.0 Å². The number of carbonyl (C=O) groups excluding carboxylic acids is 1. The van der Waals surface area contributed by atoms with Crippen molar-refractivity contribution in [1.29, 1.82) is 0 Å². The number of amides is 1. The molecule has 1 aliphatic heterocycles. The van der Waals surface area contributed by atoms with Crippen LogP contribution in [0, 0.1) is 11.6 Å². The fourth-order valence-corrected chi connectivity index (χ4v) is 4.55. The summed E-state index contributed by atoms with van der Waals surface area (Å²) in [7, 11) is -4.32. The average molecular weight is 398 g/mol. The molecule has 1 saturated heterocycles. The minimum atomic E-state index is -4.32. The summed E-state index contributed by atoms with van der Waals surface area (Å²) in [6, 6.07) is 4.60. The molecular formula is C17H20F2N4O3S. The number of nitrogens with zero attached hydrogens (tertiary/aromatic N) is 3. The Morgan fingerprint density at radius 2 is 1.81 bits per heavy atom. The lowest BCUT2D eigenvalue weighted by Crippen LogP contribution is -2.50. The zero-order valence-electron chi connectivity index (χ0n) is 14.8. The molecule has 27 heavy (non-hydrogen) atoms. The Bertz CT molecular complexity index is 917. The van der Waals surface area contributed by atoms with Crippen molar-refractivity contribution in [2.45, 2.75) is 24.7 Å². The van der Waals surface area contributed by atoms with Gasteiger partial charge in [-0.05, 0) is 24.6 Å². The minimum Gasteiger partial charge on any atom is -0.335 e. The highest BCUT2D eigenvalue weighted by Crippen LogP contribution is 2.23. The number of aryl methyl sites for hydroxylation is 1. The van der Waals surface area contributed by atoms with Crippen LogP contribution in [0.25, 0.3) is 0 Å². The second kappa shape index (κ2) is 7.73. The van der Waals surface area contributed by atoms with Gasteiger partial charge < -0.3 is 4.90 Å². The molecule has 1 aromatic carbocycles. The molecule has 0 atom stereocenters. The predicted molar refractivity (Wildman–Crippen MR) is 93.6 cm³/mol. The molecule has 0 bridgehead atoms. The van der Waals surface area contributed by atoms with Crippen LogP contribution < -0.4 is 0 Å². The quantitative estimate of drug-likeness (QED) is 0.832. The van der Waals surface area contributed by atoms with Crippen LogP contribution in [0.4, 0.5) is 8.78 Å². The molecule has 10 heteroatoms. The SMILES string of the molecule is CCCc1cc(C(=O)N2CCN(S(=O)(=O)c3c(F)cccc3F)CC2)n[nH]1. The fourth-order valence-electron chi connectivity index (χ4n) is 3.02. The van der Waals surface area contributed by atoms with Crippen molar-refractivity contribution in [3.8, 4) is 0 Å². The maximum absolute atomic E-state index is 13.9. The lowest BCUT2D eigenvalue weighted by molar-refractivity contribution is 0.0691. The molecule has 0 spiro atoms. The summed E-state index contributed by atoms with van der Waals surface area (Å²) in [5.41, 5.74) is 1.13. The summed E-state index contributed by atoms with van der Waals surface area (Å²) in [5.74, 6) is -2.57. The van der Waals surface area contributed by atoms with E-state index in [9.17, 15) is 22.0 Å². The minimum absolute atomic E-state index is 0.0475. The molecular weight excluding hydrogens is 378 g/mol. The number of piperazine rings is 1. The molecule has 0 radical (unpaired) electrons. The Kier molecular flexibility index (Phi) is 5.56. The van der Waals surface area contributed by atoms with E-state index < -0.39 is 26.6 Å². The van der Waals surface area contributed by atoms with E-state index in [0.29, 0.717) is 0 Å². The first-order valence-electron chi connectivity index (χ1n) is 8.62. The number of aromatic amines is 1.